The highest BCUT2D eigenvalue weighted by Crippen LogP contribution is 2.77. The fraction of sp³-hybridized carbons (Fsp3) is 0.280. The van der Waals surface area contributed by atoms with Crippen LogP contribution in [0.1, 0.15) is 24.8 Å². The number of hydrogen-bond donors (Lipinski definition) is 1. The highest BCUT2D eigenvalue weighted by molar-refractivity contribution is 6.33. The van der Waals surface area contributed by atoms with Crippen LogP contribution in [0.2, 0.25) is 5.02 Å². The largest absolute Gasteiger partial charge is 0.373 e. The zero-order valence-electron chi connectivity index (χ0n) is 16.6. The summed E-state index contributed by atoms with van der Waals surface area (Å²) in [5.74, 6) is -0.523. The Labute approximate surface area is 184 Å². The molecule has 6 rings (SSSR count). The Morgan fingerprint density at radius 2 is 1.84 bits per heavy atom. The monoisotopic (exact) mass is 434 g/mol. The normalized spacial score (nSPS) is 30.1. The predicted octanol–water partition coefficient (Wildman–Crippen LogP) is 5.37. The number of carbonyl (C=O) groups excluding carboxylic acids is 1. The van der Waals surface area contributed by atoms with Crippen LogP contribution in [0, 0.1) is 11.2 Å². The molecule has 0 unspecified atom stereocenters. The van der Waals surface area contributed by atoms with Gasteiger partial charge in [0.05, 0.1) is 17.6 Å². The summed E-state index contributed by atoms with van der Waals surface area (Å²) in [6, 6.07) is 15.8. The Morgan fingerprint density at radius 1 is 1.06 bits per heavy atom. The van der Waals surface area contributed by atoms with Gasteiger partial charge in [-0.25, -0.2) is 4.39 Å². The first kappa shape index (κ1) is 19.0. The molecule has 0 radical (unpaired) electrons. The van der Waals surface area contributed by atoms with Crippen molar-refractivity contribution in [3.63, 3.8) is 0 Å². The summed E-state index contributed by atoms with van der Waals surface area (Å²) in [4.78, 5) is 17.6. The van der Waals surface area contributed by atoms with Crippen molar-refractivity contribution in [3.8, 4) is 11.1 Å². The third-order valence-electron chi connectivity index (χ3n) is 7.34. The van der Waals surface area contributed by atoms with Crippen LogP contribution in [0.25, 0.3) is 11.1 Å². The molecule has 3 fully saturated rings. The molecule has 1 N–H and O–H groups in total. The molecule has 2 aliphatic heterocycles. The maximum absolute atomic E-state index is 14.9. The molecule has 1 aromatic heterocycles. The summed E-state index contributed by atoms with van der Waals surface area (Å²) < 4.78 is 21.1. The lowest BCUT2D eigenvalue weighted by molar-refractivity contribution is -0.124. The van der Waals surface area contributed by atoms with E-state index >= 15 is 0 Å². The number of nitrogens with one attached hydrogen (secondary N) is 1. The van der Waals surface area contributed by atoms with Gasteiger partial charge in [0.1, 0.15) is 5.82 Å². The number of fused-ring (bicyclic) bond motifs is 5. The van der Waals surface area contributed by atoms with Gasteiger partial charge < -0.3 is 10.1 Å². The second-order valence-corrected chi connectivity index (χ2v) is 9.08. The Bertz CT molecular complexity index is 1200. The van der Waals surface area contributed by atoms with E-state index in [1.165, 1.54) is 6.07 Å². The van der Waals surface area contributed by atoms with Gasteiger partial charge in [0.25, 0.3) is 0 Å². The molecule has 0 spiro atoms. The molecule has 1 aliphatic carbocycles. The lowest BCUT2D eigenvalue weighted by Crippen LogP contribution is -2.39. The van der Waals surface area contributed by atoms with Crippen LogP contribution >= 0.6 is 11.6 Å². The minimum atomic E-state index is -0.602. The maximum Gasteiger partial charge on any atom is 0.234 e. The van der Waals surface area contributed by atoms with E-state index in [9.17, 15) is 9.18 Å². The molecule has 3 aliphatic rings. The third-order valence-corrected chi connectivity index (χ3v) is 7.67. The second-order valence-electron chi connectivity index (χ2n) is 8.67. The lowest BCUT2D eigenvalue weighted by atomic mass is 9.75. The Balaban J connectivity index is 1.30. The van der Waals surface area contributed by atoms with Gasteiger partial charge in [0, 0.05) is 39.6 Å². The van der Waals surface area contributed by atoms with Gasteiger partial charge >= 0.3 is 0 Å². The van der Waals surface area contributed by atoms with Crippen LogP contribution in [0.5, 0.6) is 0 Å². The van der Waals surface area contributed by atoms with Gasteiger partial charge in [0.15, 0.2) is 0 Å². The minimum absolute atomic E-state index is 0.0463. The van der Waals surface area contributed by atoms with Gasteiger partial charge in [-0.1, -0.05) is 29.8 Å². The van der Waals surface area contributed by atoms with Gasteiger partial charge in [-0.15, -0.1) is 0 Å². The van der Waals surface area contributed by atoms with Crippen molar-refractivity contribution < 1.29 is 13.9 Å². The van der Waals surface area contributed by atoms with E-state index in [-0.39, 0.29) is 23.5 Å². The highest BCUT2D eigenvalue weighted by atomic mass is 35.5. The Kier molecular flexibility index (Phi) is 4.05. The average molecular weight is 435 g/mol. The topological polar surface area (TPSA) is 51.2 Å². The first-order chi connectivity index (χ1) is 15.1. The smallest absolute Gasteiger partial charge is 0.234 e. The number of halogens is 2. The molecule has 156 valence electrons. The first-order valence-corrected chi connectivity index (χ1v) is 10.9. The number of amides is 1. The molecule has 3 heterocycles. The van der Waals surface area contributed by atoms with Crippen molar-refractivity contribution in [2.24, 2.45) is 5.41 Å². The fourth-order valence-corrected chi connectivity index (χ4v) is 6.16. The van der Waals surface area contributed by atoms with Crippen molar-refractivity contribution >= 4 is 23.2 Å². The summed E-state index contributed by atoms with van der Waals surface area (Å²) in [6.45, 7) is 0. The van der Waals surface area contributed by atoms with E-state index in [0.29, 0.717) is 21.8 Å². The number of anilines is 1. The number of carbonyl (C=O) groups is 1. The summed E-state index contributed by atoms with van der Waals surface area (Å²) in [5.41, 5.74) is 1.66. The molecule has 2 bridgehead atoms. The van der Waals surface area contributed by atoms with Gasteiger partial charge in [-0.3, -0.25) is 9.78 Å². The van der Waals surface area contributed by atoms with E-state index in [4.69, 9.17) is 16.3 Å². The van der Waals surface area contributed by atoms with Crippen molar-refractivity contribution in [3.05, 3.63) is 83.4 Å². The van der Waals surface area contributed by atoms with Crippen LogP contribution in [-0.4, -0.2) is 23.1 Å². The maximum atomic E-state index is 14.9. The molecular weight excluding hydrogens is 415 g/mol. The summed E-state index contributed by atoms with van der Waals surface area (Å²) >= 11 is 6.22. The molecule has 6 heteroatoms. The number of rotatable bonds is 4. The van der Waals surface area contributed by atoms with E-state index in [1.54, 1.807) is 42.7 Å². The van der Waals surface area contributed by atoms with Crippen LogP contribution in [-0.2, 0) is 14.9 Å². The van der Waals surface area contributed by atoms with Crippen molar-refractivity contribution in [1.29, 1.82) is 0 Å². The lowest BCUT2D eigenvalue weighted by Gasteiger charge is -2.26. The van der Waals surface area contributed by atoms with Crippen molar-refractivity contribution in [2.75, 3.05) is 5.32 Å². The Hall–Kier alpha value is -2.76. The quantitative estimate of drug-likeness (QED) is 0.600. The zero-order valence-corrected chi connectivity index (χ0v) is 17.4. The summed E-state index contributed by atoms with van der Waals surface area (Å²) in [5, 5.41) is 3.45. The molecule has 31 heavy (non-hydrogen) atoms. The molecule has 4 atom stereocenters. The number of benzene rings is 2. The van der Waals surface area contributed by atoms with Gasteiger partial charge in [-0.05, 0) is 61.2 Å². The van der Waals surface area contributed by atoms with Gasteiger partial charge in [0.2, 0.25) is 5.91 Å². The number of hydrogen-bond acceptors (Lipinski definition) is 3. The first-order valence-electron chi connectivity index (χ1n) is 10.5. The number of ether oxygens (including phenoxy) is 1. The van der Waals surface area contributed by atoms with Crippen LogP contribution in [0.15, 0.2) is 67.0 Å². The molecular formula is C25H20ClFN2O2. The third kappa shape index (κ3) is 2.50. The Morgan fingerprint density at radius 3 is 2.61 bits per heavy atom. The minimum Gasteiger partial charge on any atom is -0.373 e. The van der Waals surface area contributed by atoms with Crippen molar-refractivity contribution in [1.82, 2.24) is 4.98 Å². The fourth-order valence-electron chi connectivity index (χ4n) is 5.92. The van der Waals surface area contributed by atoms with E-state index in [1.807, 2.05) is 18.2 Å². The van der Waals surface area contributed by atoms with E-state index in [0.717, 1.165) is 24.8 Å². The number of pyridine rings is 1. The average Bonchev–Trinajstić information content (AvgIpc) is 3.19. The molecule has 2 aromatic carbocycles. The predicted molar refractivity (Wildman–Crippen MR) is 116 cm³/mol. The molecule has 1 amide bonds. The second kappa shape index (κ2) is 6.62. The summed E-state index contributed by atoms with van der Waals surface area (Å²) in [6.07, 6.45) is 6.07. The van der Waals surface area contributed by atoms with E-state index in [2.05, 4.69) is 10.3 Å². The number of aromatic nitrogens is 1. The zero-order chi connectivity index (χ0) is 21.2. The highest BCUT2D eigenvalue weighted by Gasteiger charge is 2.85. The SMILES string of the molecule is O=C(Nc1ccc(-c2ccccc2Cl)c(F)c1)[C@]12C[C@@]1(c1ccncc1)[C@@H]1CC[C@H]2O1. The van der Waals surface area contributed by atoms with Crippen LogP contribution < -0.4 is 5.32 Å². The van der Waals surface area contributed by atoms with Gasteiger partial charge in [-0.2, -0.15) is 0 Å². The standard InChI is InChI=1S/C25H20ClFN2O2/c26-19-4-2-1-3-17(19)18-6-5-16(13-20(18)27)29-23(30)25-14-24(25,15-9-11-28-12-10-15)21-7-8-22(25)31-21/h1-6,9-13,21-22H,7-8,14H2,(H,29,30)/t21-,22+,24+,25+/m0/s1. The molecule has 2 saturated heterocycles. The molecule has 4 nitrogen and oxygen atoms in total. The molecule has 1 saturated carbocycles. The number of nitrogens with zero attached hydrogens (tertiary/aromatic N) is 1. The van der Waals surface area contributed by atoms with Crippen molar-refractivity contribution in [2.45, 2.75) is 36.9 Å². The van der Waals surface area contributed by atoms with E-state index < -0.39 is 11.2 Å². The molecule has 3 aromatic rings. The van der Waals surface area contributed by atoms with Crippen LogP contribution in [0.3, 0.4) is 0 Å². The van der Waals surface area contributed by atoms with Crippen LogP contribution in [0.4, 0.5) is 10.1 Å². The summed E-state index contributed by atoms with van der Waals surface area (Å²) in [7, 11) is 0.